The lowest BCUT2D eigenvalue weighted by atomic mass is 10.3. The van der Waals surface area contributed by atoms with Crippen LogP contribution in [0.25, 0.3) is 0 Å². The van der Waals surface area contributed by atoms with Gasteiger partial charge in [-0.05, 0) is 36.5 Å². The Morgan fingerprint density at radius 1 is 1.08 bits per heavy atom. The Hall–Kier alpha value is -0.430. The van der Waals surface area contributed by atoms with Crippen molar-refractivity contribution in [2.45, 2.75) is 10.6 Å². The van der Waals surface area contributed by atoms with Crippen LogP contribution in [-0.4, -0.2) is 29.1 Å². The van der Waals surface area contributed by atoms with Gasteiger partial charge >= 0.3 is 0 Å². The number of halogens is 4. The van der Waals surface area contributed by atoms with Crippen molar-refractivity contribution in [3.8, 4) is 0 Å². The molecular weight excluding hydrogens is 428 g/mol. The molecule has 3 nitrogen and oxygen atoms in total. The minimum atomic E-state index is 0.151. The molecule has 1 aromatic carbocycles. The Kier molecular flexibility index (Phi) is 7.28. The fourth-order valence-electron chi connectivity index (χ4n) is 1.65. The van der Waals surface area contributed by atoms with Crippen molar-refractivity contribution in [1.29, 1.82) is 0 Å². The molecule has 0 spiro atoms. The first-order chi connectivity index (χ1) is 11.3. The first-order valence-corrected chi connectivity index (χ1v) is 9.60. The third-order valence-electron chi connectivity index (χ3n) is 2.94. The molecule has 0 fully saturated rings. The van der Waals surface area contributed by atoms with Gasteiger partial charge in [0, 0.05) is 30.4 Å². The second-order valence-corrected chi connectivity index (χ2v) is 7.86. The van der Waals surface area contributed by atoms with E-state index in [1.807, 2.05) is 43.3 Å². The van der Waals surface area contributed by atoms with E-state index in [9.17, 15) is 0 Å². The molecule has 0 aliphatic rings. The summed E-state index contributed by atoms with van der Waals surface area (Å²) in [7, 11) is 3.78. The van der Waals surface area contributed by atoms with Gasteiger partial charge in [-0.15, -0.1) is 11.8 Å². The van der Waals surface area contributed by atoms with Crippen LogP contribution in [0, 0.1) is 0 Å². The number of rotatable bonds is 4. The lowest BCUT2D eigenvalue weighted by molar-refractivity contribution is 0.634. The Labute approximate surface area is 170 Å². The Balaban J connectivity index is 2.04. The van der Waals surface area contributed by atoms with Crippen LogP contribution in [0.3, 0.4) is 0 Å². The monoisotopic (exact) mass is 439 g/mol. The minimum absolute atomic E-state index is 0.151. The van der Waals surface area contributed by atoms with Crippen molar-refractivity contribution < 1.29 is 0 Å². The third-order valence-corrected chi connectivity index (χ3v) is 6.15. The maximum absolute atomic E-state index is 6.17. The van der Waals surface area contributed by atoms with Gasteiger partial charge in [0.1, 0.15) is 5.15 Å². The maximum atomic E-state index is 6.17. The largest absolute Gasteiger partial charge is 0.355 e. The number of hydrogen-bond acceptors (Lipinski definition) is 3. The van der Waals surface area contributed by atoms with Crippen LogP contribution < -0.4 is 5.32 Å². The standard InChI is InChI=1S/C15H13Cl4N3S2/c1-22(2)15(23)20-8-3-5-9(6-4-8)24-7-10-11(16)12(17)13(18)14(19)21-10/h3-6H,7H2,1-2H3,(H,20,23). The number of aromatic nitrogens is 1. The van der Waals surface area contributed by atoms with Crippen LogP contribution in [0.4, 0.5) is 5.69 Å². The summed E-state index contributed by atoms with van der Waals surface area (Å²) in [5.41, 5.74) is 1.52. The zero-order valence-electron chi connectivity index (χ0n) is 12.7. The molecule has 0 saturated carbocycles. The van der Waals surface area contributed by atoms with Gasteiger partial charge in [0.25, 0.3) is 0 Å². The van der Waals surface area contributed by atoms with Crippen molar-refractivity contribution in [3.63, 3.8) is 0 Å². The van der Waals surface area contributed by atoms with Crippen molar-refractivity contribution >= 4 is 81.2 Å². The maximum Gasteiger partial charge on any atom is 0.172 e. The number of hydrogen-bond donors (Lipinski definition) is 1. The highest BCUT2D eigenvalue weighted by Crippen LogP contribution is 2.38. The fraction of sp³-hybridized carbons (Fsp3) is 0.200. The van der Waals surface area contributed by atoms with Crippen molar-refractivity contribution in [1.82, 2.24) is 9.88 Å². The number of thiocarbonyl (C=S) groups is 1. The second-order valence-electron chi connectivity index (χ2n) is 4.93. The average Bonchev–Trinajstić information content (AvgIpc) is 2.56. The lowest BCUT2D eigenvalue weighted by Crippen LogP contribution is -2.26. The SMILES string of the molecule is CN(C)C(=S)Nc1ccc(SCc2nc(Cl)c(Cl)c(Cl)c2Cl)cc1. The van der Waals surface area contributed by atoms with E-state index in [1.165, 1.54) is 0 Å². The fourth-order valence-corrected chi connectivity index (χ4v) is 3.52. The van der Waals surface area contributed by atoms with E-state index in [0.29, 0.717) is 21.6 Å². The van der Waals surface area contributed by atoms with Crippen LogP contribution in [0.15, 0.2) is 29.2 Å². The minimum Gasteiger partial charge on any atom is -0.355 e. The highest BCUT2D eigenvalue weighted by atomic mass is 35.5. The van der Waals surface area contributed by atoms with Gasteiger partial charge in [-0.1, -0.05) is 46.4 Å². The van der Waals surface area contributed by atoms with Crippen LogP contribution in [0.2, 0.25) is 20.2 Å². The Morgan fingerprint density at radius 2 is 1.71 bits per heavy atom. The van der Waals surface area contributed by atoms with Gasteiger partial charge in [0.15, 0.2) is 5.11 Å². The molecule has 0 unspecified atom stereocenters. The molecule has 0 aliphatic heterocycles. The quantitative estimate of drug-likeness (QED) is 0.344. The van der Waals surface area contributed by atoms with Crippen molar-refractivity contribution in [2.24, 2.45) is 0 Å². The zero-order valence-corrected chi connectivity index (χ0v) is 17.4. The molecule has 0 amide bonds. The first kappa shape index (κ1) is 19.9. The zero-order chi connectivity index (χ0) is 17.9. The molecule has 0 saturated heterocycles. The Bertz CT molecular complexity index is 751. The summed E-state index contributed by atoms with van der Waals surface area (Å²) in [6.45, 7) is 0. The highest BCUT2D eigenvalue weighted by molar-refractivity contribution is 7.98. The van der Waals surface area contributed by atoms with Crippen LogP contribution in [0.5, 0.6) is 0 Å². The van der Waals surface area contributed by atoms with Gasteiger partial charge in [-0.3, -0.25) is 0 Å². The van der Waals surface area contributed by atoms with E-state index >= 15 is 0 Å². The van der Waals surface area contributed by atoms with E-state index in [1.54, 1.807) is 11.8 Å². The van der Waals surface area contributed by atoms with Gasteiger partial charge in [-0.25, -0.2) is 4.98 Å². The lowest BCUT2D eigenvalue weighted by Gasteiger charge is -2.15. The van der Waals surface area contributed by atoms with E-state index in [-0.39, 0.29) is 15.2 Å². The first-order valence-electron chi connectivity index (χ1n) is 6.69. The van der Waals surface area contributed by atoms with Gasteiger partial charge in [0.2, 0.25) is 0 Å². The highest BCUT2D eigenvalue weighted by Gasteiger charge is 2.15. The summed E-state index contributed by atoms with van der Waals surface area (Å²) in [4.78, 5) is 7.07. The average molecular weight is 441 g/mol. The summed E-state index contributed by atoms with van der Waals surface area (Å²) < 4.78 is 0. The molecule has 24 heavy (non-hydrogen) atoms. The summed E-state index contributed by atoms with van der Waals surface area (Å²) in [5, 5.41) is 4.66. The molecule has 1 heterocycles. The predicted molar refractivity (Wildman–Crippen MR) is 110 cm³/mol. The number of anilines is 1. The van der Waals surface area contributed by atoms with Gasteiger partial charge in [0.05, 0.1) is 20.8 Å². The molecule has 0 atom stereocenters. The molecule has 0 aliphatic carbocycles. The second kappa shape index (κ2) is 8.79. The molecular formula is C15H13Cl4N3S2. The van der Waals surface area contributed by atoms with E-state index < -0.39 is 0 Å². The summed E-state index contributed by atoms with van der Waals surface area (Å²) in [6, 6.07) is 7.88. The molecule has 2 rings (SSSR count). The summed E-state index contributed by atoms with van der Waals surface area (Å²) >= 11 is 30.8. The normalized spacial score (nSPS) is 10.6. The Morgan fingerprint density at radius 3 is 2.29 bits per heavy atom. The van der Waals surface area contributed by atoms with E-state index in [4.69, 9.17) is 58.6 Å². The van der Waals surface area contributed by atoms with Gasteiger partial charge in [-0.2, -0.15) is 0 Å². The molecule has 2 aromatic rings. The van der Waals surface area contributed by atoms with Crippen molar-refractivity contribution in [2.75, 3.05) is 19.4 Å². The van der Waals surface area contributed by atoms with Crippen LogP contribution >= 0.6 is 70.4 Å². The van der Waals surface area contributed by atoms with Crippen LogP contribution in [-0.2, 0) is 5.75 Å². The predicted octanol–water partition coefficient (Wildman–Crippen LogP) is 6.25. The third kappa shape index (κ3) is 5.04. The number of benzene rings is 1. The van der Waals surface area contributed by atoms with E-state index in [2.05, 4.69) is 10.3 Å². The number of thioether (sulfide) groups is 1. The van der Waals surface area contributed by atoms with E-state index in [0.717, 1.165) is 10.6 Å². The summed E-state index contributed by atoms with van der Waals surface area (Å²) in [5.74, 6) is 0.526. The summed E-state index contributed by atoms with van der Waals surface area (Å²) in [6.07, 6.45) is 0. The molecule has 9 heteroatoms. The number of pyridine rings is 1. The smallest absolute Gasteiger partial charge is 0.172 e. The molecule has 1 N–H and O–H groups in total. The van der Waals surface area contributed by atoms with Crippen LogP contribution in [0.1, 0.15) is 5.69 Å². The molecule has 0 bridgehead atoms. The molecule has 128 valence electrons. The molecule has 0 radical (unpaired) electrons. The number of nitrogens with one attached hydrogen (secondary N) is 1. The number of nitrogens with zero attached hydrogens (tertiary/aromatic N) is 2. The molecule has 1 aromatic heterocycles. The van der Waals surface area contributed by atoms with Gasteiger partial charge < -0.3 is 10.2 Å². The topological polar surface area (TPSA) is 28.2 Å². The van der Waals surface area contributed by atoms with Crippen molar-refractivity contribution in [3.05, 3.63) is 50.2 Å².